The lowest BCUT2D eigenvalue weighted by molar-refractivity contribution is -0.121. The van der Waals surface area contributed by atoms with Crippen LogP contribution in [0.4, 0.5) is 5.69 Å². The summed E-state index contributed by atoms with van der Waals surface area (Å²) in [5.74, 6) is -0.426. The van der Waals surface area contributed by atoms with Crippen LogP contribution in [-0.2, 0) is 11.2 Å². The van der Waals surface area contributed by atoms with Crippen molar-refractivity contribution in [1.82, 2.24) is 15.5 Å². The summed E-state index contributed by atoms with van der Waals surface area (Å²) in [4.78, 5) is 24.4. The molecule has 2 aromatic carbocycles. The van der Waals surface area contributed by atoms with Gasteiger partial charge in [0.25, 0.3) is 5.91 Å². The first-order chi connectivity index (χ1) is 13.5. The number of amides is 2. The van der Waals surface area contributed by atoms with Gasteiger partial charge in [-0.05, 0) is 30.7 Å². The number of aryl methyl sites for hydroxylation is 1. The van der Waals surface area contributed by atoms with Crippen LogP contribution in [0.2, 0.25) is 5.02 Å². The SMILES string of the molecule is C[C@H](NC(=O)CCc1nnc(C(=O)Nc2cccc(Cl)c2)s1)c1ccccc1. The number of carbonyl (C=O) groups excluding carboxylic acids is 2. The standard InChI is InChI=1S/C20H19ClN4O2S/c1-13(14-6-3-2-4-7-14)22-17(26)10-11-18-24-25-20(28-18)19(27)23-16-9-5-8-15(21)12-16/h2-9,12-13H,10-11H2,1H3,(H,22,26)(H,23,27)/t13-/m0/s1. The minimum atomic E-state index is -0.354. The Morgan fingerprint density at radius 1 is 1.11 bits per heavy atom. The third-order valence-electron chi connectivity index (χ3n) is 3.99. The molecule has 3 aromatic rings. The molecule has 0 radical (unpaired) electrons. The van der Waals surface area contributed by atoms with E-state index < -0.39 is 0 Å². The second kappa shape index (κ2) is 9.43. The predicted octanol–water partition coefficient (Wildman–Crippen LogP) is 4.25. The van der Waals surface area contributed by atoms with Crippen LogP contribution in [0, 0.1) is 0 Å². The van der Waals surface area contributed by atoms with Gasteiger partial charge in [-0.1, -0.05) is 59.3 Å². The zero-order valence-electron chi connectivity index (χ0n) is 15.2. The van der Waals surface area contributed by atoms with Crippen molar-refractivity contribution in [1.29, 1.82) is 0 Å². The van der Waals surface area contributed by atoms with Gasteiger partial charge in [0.1, 0.15) is 5.01 Å². The number of carbonyl (C=O) groups is 2. The lowest BCUT2D eigenvalue weighted by Crippen LogP contribution is -2.26. The largest absolute Gasteiger partial charge is 0.350 e. The van der Waals surface area contributed by atoms with Crippen molar-refractivity contribution in [3.05, 3.63) is 75.2 Å². The van der Waals surface area contributed by atoms with Crippen LogP contribution >= 0.6 is 22.9 Å². The van der Waals surface area contributed by atoms with Gasteiger partial charge in [0.2, 0.25) is 10.9 Å². The molecule has 0 unspecified atom stereocenters. The number of halogens is 1. The summed E-state index contributed by atoms with van der Waals surface area (Å²) in [6, 6.07) is 16.6. The summed E-state index contributed by atoms with van der Waals surface area (Å²) in [7, 11) is 0. The maximum absolute atomic E-state index is 12.3. The van der Waals surface area contributed by atoms with Gasteiger partial charge in [-0.15, -0.1) is 10.2 Å². The van der Waals surface area contributed by atoms with Crippen molar-refractivity contribution < 1.29 is 9.59 Å². The number of hydrogen-bond donors (Lipinski definition) is 2. The van der Waals surface area contributed by atoms with Crippen LogP contribution in [0.5, 0.6) is 0 Å². The lowest BCUT2D eigenvalue weighted by atomic mass is 10.1. The molecule has 0 aliphatic heterocycles. The Kier molecular flexibility index (Phi) is 6.73. The summed E-state index contributed by atoms with van der Waals surface area (Å²) < 4.78 is 0. The van der Waals surface area contributed by atoms with Gasteiger partial charge < -0.3 is 10.6 Å². The molecule has 0 spiro atoms. The number of nitrogens with zero attached hydrogens (tertiary/aromatic N) is 2. The van der Waals surface area contributed by atoms with Crippen molar-refractivity contribution in [2.24, 2.45) is 0 Å². The third kappa shape index (κ3) is 5.61. The molecule has 0 aliphatic carbocycles. The smallest absolute Gasteiger partial charge is 0.286 e. The van der Waals surface area contributed by atoms with Crippen LogP contribution in [0.3, 0.4) is 0 Å². The lowest BCUT2D eigenvalue weighted by Gasteiger charge is -2.13. The number of nitrogens with one attached hydrogen (secondary N) is 2. The minimum Gasteiger partial charge on any atom is -0.350 e. The van der Waals surface area contributed by atoms with Crippen LogP contribution in [0.25, 0.3) is 0 Å². The highest BCUT2D eigenvalue weighted by Crippen LogP contribution is 2.18. The third-order valence-corrected chi connectivity index (χ3v) is 5.20. The average molecular weight is 415 g/mol. The molecule has 1 heterocycles. The fourth-order valence-electron chi connectivity index (χ4n) is 2.56. The van der Waals surface area contributed by atoms with E-state index in [9.17, 15) is 9.59 Å². The topological polar surface area (TPSA) is 84.0 Å². The summed E-state index contributed by atoms with van der Waals surface area (Å²) >= 11 is 7.08. The monoisotopic (exact) mass is 414 g/mol. The maximum Gasteiger partial charge on any atom is 0.286 e. The molecule has 1 aromatic heterocycles. The molecule has 6 nitrogen and oxygen atoms in total. The van der Waals surface area contributed by atoms with Gasteiger partial charge in [-0.25, -0.2) is 0 Å². The van der Waals surface area contributed by atoms with Gasteiger partial charge in [0, 0.05) is 23.6 Å². The van der Waals surface area contributed by atoms with E-state index in [-0.39, 0.29) is 29.3 Å². The fourth-order valence-corrected chi connectivity index (χ4v) is 3.48. The number of hydrogen-bond acceptors (Lipinski definition) is 5. The Labute approximate surface area is 172 Å². The Hall–Kier alpha value is -2.77. The molecule has 0 saturated carbocycles. The minimum absolute atomic E-state index is 0.0674. The van der Waals surface area contributed by atoms with Crippen LogP contribution < -0.4 is 10.6 Å². The molecule has 0 fully saturated rings. The normalized spacial score (nSPS) is 11.6. The molecule has 3 rings (SSSR count). The quantitative estimate of drug-likeness (QED) is 0.605. The highest BCUT2D eigenvalue weighted by atomic mass is 35.5. The Balaban J connectivity index is 1.50. The van der Waals surface area contributed by atoms with Crippen LogP contribution in [0.15, 0.2) is 54.6 Å². The van der Waals surface area contributed by atoms with Gasteiger partial charge in [-0.2, -0.15) is 0 Å². The van der Waals surface area contributed by atoms with Crippen LogP contribution in [-0.4, -0.2) is 22.0 Å². The van der Waals surface area contributed by atoms with Crippen molar-refractivity contribution in [3.8, 4) is 0 Å². The van der Waals surface area contributed by atoms with Gasteiger partial charge >= 0.3 is 0 Å². The summed E-state index contributed by atoms with van der Waals surface area (Å²) in [5.41, 5.74) is 1.63. The van der Waals surface area contributed by atoms with Crippen molar-refractivity contribution in [2.75, 3.05) is 5.32 Å². The van der Waals surface area contributed by atoms with Crippen molar-refractivity contribution in [2.45, 2.75) is 25.8 Å². The molecular formula is C20H19ClN4O2S. The Bertz CT molecular complexity index is 962. The number of anilines is 1. The van der Waals surface area contributed by atoms with Crippen molar-refractivity contribution in [3.63, 3.8) is 0 Å². The van der Waals surface area contributed by atoms with Gasteiger partial charge in [0.05, 0.1) is 6.04 Å². The van der Waals surface area contributed by atoms with E-state index in [0.29, 0.717) is 22.1 Å². The molecule has 2 amide bonds. The molecule has 2 N–H and O–H groups in total. The summed E-state index contributed by atoms with van der Waals surface area (Å²) in [6.07, 6.45) is 0.706. The Morgan fingerprint density at radius 3 is 2.64 bits per heavy atom. The van der Waals surface area contributed by atoms with E-state index in [2.05, 4.69) is 20.8 Å². The van der Waals surface area contributed by atoms with E-state index in [4.69, 9.17) is 11.6 Å². The average Bonchev–Trinajstić information content (AvgIpc) is 3.16. The molecule has 8 heteroatoms. The van der Waals surface area contributed by atoms with Crippen LogP contribution in [0.1, 0.15) is 39.8 Å². The zero-order valence-corrected chi connectivity index (χ0v) is 16.8. The zero-order chi connectivity index (χ0) is 19.9. The summed E-state index contributed by atoms with van der Waals surface area (Å²) in [6.45, 7) is 1.94. The molecule has 1 atom stereocenters. The van der Waals surface area contributed by atoms with E-state index in [1.54, 1.807) is 24.3 Å². The highest BCUT2D eigenvalue weighted by Gasteiger charge is 2.15. The first-order valence-electron chi connectivity index (χ1n) is 8.75. The fraction of sp³-hybridized carbons (Fsp3) is 0.200. The molecule has 28 heavy (non-hydrogen) atoms. The molecule has 0 aliphatic rings. The second-order valence-electron chi connectivity index (χ2n) is 6.17. The second-order valence-corrected chi connectivity index (χ2v) is 7.66. The van der Waals surface area contributed by atoms with Crippen molar-refractivity contribution >= 4 is 40.4 Å². The van der Waals surface area contributed by atoms with E-state index in [0.717, 1.165) is 5.56 Å². The van der Waals surface area contributed by atoms with E-state index in [1.807, 2.05) is 37.3 Å². The highest BCUT2D eigenvalue weighted by molar-refractivity contribution is 7.13. The predicted molar refractivity (Wildman–Crippen MR) is 111 cm³/mol. The summed E-state index contributed by atoms with van der Waals surface area (Å²) in [5, 5.41) is 15.0. The van der Waals surface area contributed by atoms with Gasteiger partial charge in [0.15, 0.2) is 0 Å². The van der Waals surface area contributed by atoms with E-state index >= 15 is 0 Å². The number of aromatic nitrogens is 2. The number of benzene rings is 2. The van der Waals surface area contributed by atoms with E-state index in [1.165, 1.54) is 11.3 Å². The molecular weight excluding hydrogens is 396 g/mol. The Morgan fingerprint density at radius 2 is 1.89 bits per heavy atom. The molecule has 0 bridgehead atoms. The first-order valence-corrected chi connectivity index (χ1v) is 9.94. The first kappa shape index (κ1) is 20.0. The maximum atomic E-state index is 12.3. The molecule has 0 saturated heterocycles. The number of rotatable bonds is 7. The van der Waals surface area contributed by atoms with Gasteiger partial charge in [-0.3, -0.25) is 9.59 Å². The molecule has 144 valence electrons.